The standard InChI is InChI=1S/C20H31N3O4/c1-7-21-17(13(2)3)18(25)22-12-16(24)23-15-10-8-14(9-11-15)19(26)27-20(4,5)6/h8-11,13,17,21H,7,12H2,1-6H3,(H,22,25)(H,23,24)/t17-/m0/s1. The normalized spacial score (nSPS) is 12.4. The number of esters is 1. The van der Waals surface area contributed by atoms with Crippen LogP contribution in [0.2, 0.25) is 0 Å². The first-order valence-corrected chi connectivity index (χ1v) is 9.18. The SMILES string of the molecule is CCN[C@H](C(=O)NCC(=O)Nc1ccc(C(=O)OC(C)(C)C)cc1)C(C)C. The lowest BCUT2D eigenvalue weighted by Gasteiger charge is -2.20. The van der Waals surface area contributed by atoms with Gasteiger partial charge in [-0.2, -0.15) is 0 Å². The third-order valence-corrected chi connectivity index (χ3v) is 3.60. The molecule has 1 aromatic carbocycles. The Hall–Kier alpha value is -2.41. The molecule has 0 aliphatic rings. The van der Waals surface area contributed by atoms with E-state index < -0.39 is 11.6 Å². The number of benzene rings is 1. The zero-order valence-corrected chi connectivity index (χ0v) is 17.0. The van der Waals surface area contributed by atoms with Gasteiger partial charge in [0.2, 0.25) is 11.8 Å². The van der Waals surface area contributed by atoms with E-state index in [1.165, 1.54) is 0 Å². The number of carbonyl (C=O) groups excluding carboxylic acids is 3. The van der Waals surface area contributed by atoms with Crippen LogP contribution < -0.4 is 16.0 Å². The van der Waals surface area contributed by atoms with Crippen molar-refractivity contribution in [2.75, 3.05) is 18.4 Å². The maximum absolute atomic E-state index is 12.2. The van der Waals surface area contributed by atoms with Crippen molar-refractivity contribution in [3.8, 4) is 0 Å². The molecule has 0 saturated carbocycles. The summed E-state index contributed by atoms with van der Waals surface area (Å²) in [4.78, 5) is 36.2. The molecule has 0 fully saturated rings. The Morgan fingerprint density at radius 2 is 1.67 bits per heavy atom. The van der Waals surface area contributed by atoms with Crippen LogP contribution in [-0.2, 0) is 14.3 Å². The first kappa shape index (κ1) is 22.6. The second kappa shape index (κ2) is 10.1. The molecule has 150 valence electrons. The average molecular weight is 377 g/mol. The van der Waals surface area contributed by atoms with Gasteiger partial charge in [0.1, 0.15) is 5.60 Å². The maximum Gasteiger partial charge on any atom is 0.338 e. The fourth-order valence-corrected chi connectivity index (χ4v) is 2.36. The molecule has 0 heterocycles. The Balaban J connectivity index is 2.55. The number of hydrogen-bond donors (Lipinski definition) is 3. The topological polar surface area (TPSA) is 96.5 Å². The number of likely N-dealkylation sites (N-methyl/N-ethyl adjacent to an activating group) is 1. The average Bonchev–Trinajstić information content (AvgIpc) is 2.56. The number of anilines is 1. The van der Waals surface area contributed by atoms with Crippen LogP contribution in [0.1, 0.15) is 51.9 Å². The van der Waals surface area contributed by atoms with Gasteiger partial charge in [0.15, 0.2) is 0 Å². The van der Waals surface area contributed by atoms with Gasteiger partial charge in [-0.05, 0) is 57.5 Å². The minimum atomic E-state index is -0.567. The molecule has 0 aromatic heterocycles. The van der Waals surface area contributed by atoms with E-state index in [1.54, 1.807) is 45.0 Å². The Labute approximate surface area is 161 Å². The fourth-order valence-electron chi connectivity index (χ4n) is 2.36. The first-order chi connectivity index (χ1) is 12.5. The van der Waals surface area contributed by atoms with E-state index >= 15 is 0 Å². The van der Waals surface area contributed by atoms with Gasteiger partial charge < -0.3 is 20.7 Å². The van der Waals surface area contributed by atoms with E-state index in [4.69, 9.17) is 4.74 Å². The number of rotatable bonds is 8. The number of nitrogens with one attached hydrogen (secondary N) is 3. The zero-order chi connectivity index (χ0) is 20.6. The number of carbonyl (C=O) groups is 3. The summed E-state index contributed by atoms with van der Waals surface area (Å²) in [6.07, 6.45) is 0. The molecule has 1 aromatic rings. The van der Waals surface area contributed by atoms with E-state index in [-0.39, 0.29) is 30.3 Å². The summed E-state index contributed by atoms with van der Waals surface area (Å²) in [5.41, 5.74) is 0.373. The van der Waals surface area contributed by atoms with E-state index in [1.807, 2.05) is 20.8 Å². The van der Waals surface area contributed by atoms with Gasteiger partial charge in [-0.25, -0.2) is 4.79 Å². The van der Waals surface area contributed by atoms with Crippen molar-refractivity contribution in [2.45, 2.75) is 53.2 Å². The Morgan fingerprint density at radius 1 is 1.07 bits per heavy atom. The molecule has 0 bridgehead atoms. The van der Waals surface area contributed by atoms with Crippen molar-refractivity contribution in [1.82, 2.24) is 10.6 Å². The highest BCUT2D eigenvalue weighted by atomic mass is 16.6. The number of amides is 2. The predicted molar refractivity (Wildman–Crippen MR) is 106 cm³/mol. The van der Waals surface area contributed by atoms with E-state index in [9.17, 15) is 14.4 Å². The summed E-state index contributed by atoms with van der Waals surface area (Å²) in [7, 11) is 0. The molecule has 7 heteroatoms. The molecular formula is C20H31N3O4. The number of ether oxygens (including phenoxy) is 1. The molecule has 0 radical (unpaired) electrons. The van der Waals surface area contributed by atoms with Crippen molar-refractivity contribution < 1.29 is 19.1 Å². The van der Waals surface area contributed by atoms with Crippen LogP contribution in [0.25, 0.3) is 0 Å². The van der Waals surface area contributed by atoms with E-state index in [0.717, 1.165) is 0 Å². The molecule has 1 atom stereocenters. The van der Waals surface area contributed by atoms with Gasteiger partial charge >= 0.3 is 5.97 Å². The molecular weight excluding hydrogens is 346 g/mol. The van der Waals surface area contributed by atoms with Crippen molar-refractivity contribution in [3.05, 3.63) is 29.8 Å². The van der Waals surface area contributed by atoms with Gasteiger partial charge in [0.25, 0.3) is 0 Å². The molecule has 0 saturated heterocycles. The fraction of sp³-hybridized carbons (Fsp3) is 0.550. The van der Waals surface area contributed by atoms with Crippen LogP contribution >= 0.6 is 0 Å². The van der Waals surface area contributed by atoms with Crippen LogP contribution in [0.5, 0.6) is 0 Å². The summed E-state index contributed by atoms with van der Waals surface area (Å²) in [6.45, 7) is 11.8. The van der Waals surface area contributed by atoms with Gasteiger partial charge in [0.05, 0.1) is 18.2 Å². The molecule has 0 aliphatic carbocycles. The van der Waals surface area contributed by atoms with Gasteiger partial charge in [-0.3, -0.25) is 9.59 Å². The highest BCUT2D eigenvalue weighted by molar-refractivity contribution is 5.96. The van der Waals surface area contributed by atoms with E-state index in [2.05, 4.69) is 16.0 Å². The highest BCUT2D eigenvalue weighted by Crippen LogP contribution is 2.14. The molecule has 0 spiro atoms. The lowest BCUT2D eigenvalue weighted by Crippen LogP contribution is -2.49. The van der Waals surface area contributed by atoms with Crippen molar-refractivity contribution in [2.24, 2.45) is 5.92 Å². The monoisotopic (exact) mass is 377 g/mol. The summed E-state index contributed by atoms with van der Waals surface area (Å²) >= 11 is 0. The second-order valence-electron chi connectivity index (χ2n) is 7.62. The number of hydrogen-bond acceptors (Lipinski definition) is 5. The molecule has 2 amide bonds. The van der Waals surface area contributed by atoms with Crippen LogP contribution in [0.3, 0.4) is 0 Å². The van der Waals surface area contributed by atoms with Crippen molar-refractivity contribution in [1.29, 1.82) is 0 Å². The molecule has 0 aliphatic heterocycles. The summed E-state index contributed by atoms with van der Waals surface area (Å²) in [6, 6.07) is 6.07. The predicted octanol–water partition coefficient (Wildman–Crippen LogP) is 2.33. The zero-order valence-electron chi connectivity index (χ0n) is 17.0. The van der Waals surface area contributed by atoms with E-state index in [0.29, 0.717) is 17.8 Å². The molecule has 1 rings (SSSR count). The maximum atomic E-state index is 12.2. The van der Waals surface area contributed by atoms with Gasteiger partial charge in [-0.1, -0.05) is 20.8 Å². The molecule has 7 nitrogen and oxygen atoms in total. The lowest BCUT2D eigenvalue weighted by atomic mass is 10.0. The Kier molecular flexibility index (Phi) is 8.43. The minimum absolute atomic E-state index is 0.119. The van der Waals surface area contributed by atoms with Crippen LogP contribution in [-0.4, -0.2) is 42.5 Å². The third-order valence-electron chi connectivity index (χ3n) is 3.60. The third kappa shape index (κ3) is 8.21. The van der Waals surface area contributed by atoms with Crippen molar-refractivity contribution in [3.63, 3.8) is 0 Å². The quantitative estimate of drug-likeness (QED) is 0.604. The molecule has 0 unspecified atom stereocenters. The lowest BCUT2D eigenvalue weighted by molar-refractivity contribution is -0.126. The van der Waals surface area contributed by atoms with Gasteiger partial charge in [-0.15, -0.1) is 0 Å². The minimum Gasteiger partial charge on any atom is -0.456 e. The summed E-state index contributed by atoms with van der Waals surface area (Å²) in [5.74, 6) is -0.848. The summed E-state index contributed by atoms with van der Waals surface area (Å²) < 4.78 is 5.29. The molecule has 27 heavy (non-hydrogen) atoms. The van der Waals surface area contributed by atoms with Crippen LogP contribution in [0, 0.1) is 5.92 Å². The largest absolute Gasteiger partial charge is 0.456 e. The second-order valence-corrected chi connectivity index (χ2v) is 7.62. The summed E-state index contributed by atoms with van der Waals surface area (Å²) in [5, 5.41) is 8.42. The van der Waals surface area contributed by atoms with Crippen LogP contribution in [0.4, 0.5) is 5.69 Å². The van der Waals surface area contributed by atoms with Crippen LogP contribution in [0.15, 0.2) is 24.3 Å². The van der Waals surface area contributed by atoms with Gasteiger partial charge in [0, 0.05) is 5.69 Å². The smallest absolute Gasteiger partial charge is 0.338 e. The Bertz CT molecular complexity index is 648. The Morgan fingerprint density at radius 3 is 2.15 bits per heavy atom. The first-order valence-electron chi connectivity index (χ1n) is 9.18. The highest BCUT2D eigenvalue weighted by Gasteiger charge is 2.21. The van der Waals surface area contributed by atoms with Crippen molar-refractivity contribution >= 4 is 23.5 Å². The molecule has 3 N–H and O–H groups in total.